The molecule has 0 amide bonds. The lowest BCUT2D eigenvalue weighted by Crippen LogP contribution is -2.10. The van der Waals surface area contributed by atoms with Crippen LogP contribution in [0.5, 0.6) is 0 Å². The summed E-state index contributed by atoms with van der Waals surface area (Å²) in [6.45, 7) is 0. The Labute approximate surface area is 470 Å². The molecule has 0 aliphatic heterocycles. The highest BCUT2D eigenvalue weighted by atomic mass is 15.1. The van der Waals surface area contributed by atoms with Crippen LogP contribution in [0.2, 0.25) is 0 Å². The highest BCUT2D eigenvalue weighted by molar-refractivity contribution is 6.09. The third kappa shape index (κ3) is 10.7. The van der Waals surface area contributed by atoms with E-state index in [1.54, 1.807) is 0 Å². The number of nitrogens with zero attached hydrogens (tertiary/aromatic N) is 2. The highest BCUT2D eigenvalue weighted by Crippen LogP contribution is 2.40. The van der Waals surface area contributed by atoms with Crippen molar-refractivity contribution in [1.82, 2.24) is 0 Å². The van der Waals surface area contributed by atoms with E-state index in [0.29, 0.717) is 0 Å². The van der Waals surface area contributed by atoms with Crippen molar-refractivity contribution in [3.8, 4) is 22.3 Å². The Kier molecular flexibility index (Phi) is 14.2. The summed E-state index contributed by atoms with van der Waals surface area (Å²) in [5.74, 6) is 0.553. The highest BCUT2D eigenvalue weighted by Gasteiger charge is 2.20. The van der Waals surface area contributed by atoms with Crippen LogP contribution in [0.4, 0.5) is 34.1 Å². The van der Waals surface area contributed by atoms with Gasteiger partial charge in [0.05, 0.1) is 0 Å². The van der Waals surface area contributed by atoms with E-state index >= 15 is 0 Å². The number of hydrogen-bond donors (Lipinski definition) is 0. The molecule has 0 aromatic heterocycles. The predicted molar refractivity (Wildman–Crippen MR) is 339 cm³/mol. The number of rotatable bonds is 16. The number of benzene rings is 13. The van der Waals surface area contributed by atoms with Crippen LogP contribution in [0.3, 0.4) is 0 Å². The van der Waals surface area contributed by atoms with Crippen molar-refractivity contribution < 1.29 is 0 Å². The minimum absolute atomic E-state index is 0.276. The lowest BCUT2D eigenvalue weighted by Gasteiger charge is -2.26. The van der Waals surface area contributed by atoms with Crippen LogP contribution in [-0.2, 0) is 12.8 Å². The largest absolute Gasteiger partial charge is 0.311 e. The Morgan fingerprint density at radius 3 is 0.762 bits per heavy atom. The van der Waals surface area contributed by atoms with Gasteiger partial charge in [0.15, 0.2) is 0 Å². The Morgan fingerprint density at radius 1 is 0.212 bits per heavy atom. The van der Waals surface area contributed by atoms with Gasteiger partial charge in [-0.1, -0.05) is 243 Å². The average molecular weight is 1030 g/mol. The molecule has 0 saturated heterocycles. The fourth-order valence-corrected chi connectivity index (χ4v) is 11.7. The van der Waals surface area contributed by atoms with Gasteiger partial charge in [-0.15, -0.1) is 0 Å². The summed E-state index contributed by atoms with van der Waals surface area (Å²) in [4.78, 5) is 4.70. The number of anilines is 6. The van der Waals surface area contributed by atoms with Crippen molar-refractivity contribution in [3.05, 3.63) is 361 Å². The molecular formula is C78H60N2. The maximum absolute atomic E-state index is 2.35. The fourth-order valence-electron chi connectivity index (χ4n) is 11.7. The second kappa shape index (κ2) is 22.9. The quantitative estimate of drug-likeness (QED) is 0.0890. The molecule has 382 valence electrons. The molecular weight excluding hydrogens is 965 g/mol. The molecule has 0 spiro atoms. The van der Waals surface area contributed by atoms with E-state index in [0.717, 1.165) is 47.0 Å². The zero-order chi connectivity index (χ0) is 53.5. The Morgan fingerprint density at radius 2 is 0.463 bits per heavy atom. The van der Waals surface area contributed by atoms with E-state index in [1.165, 1.54) is 77.2 Å². The van der Waals surface area contributed by atoms with E-state index in [-0.39, 0.29) is 11.8 Å². The first-order chi connectivity index (χ1) is 39.6. The molecule has 0 radical (unpaired) electrons. The third-order valence-electron chi connectivity index (χ3n) is 15.9. The first kappa shape index (κ1) is 49.5. The lowest BCUT2D eigenvalue weighted by atomic mass is 9.86. The van der Waals surface area contributed by atoms with Crippen molar-refractivity contribution >= 4 is 55.7 Å². The topological polar surface area (TPSA) is 6.48 Å². The van der Waals surface area contributed by atoms with Crippen LogP contribution < -0.4 is 9.80 Å². The van der Waals surface area contributed by atoms with Gasteiger partial charge in [0.1, 0.15) is 0 Å². The normalized spacial score (nSPS) is 11.3. The van der Waals surface area contributed by atoms with Crippen LogP contribution >= 0.6 is 0 Å². The third-order valence-corrected chi connectivity index (χ3v) is 15.9. The molecule has 0 unspecified atom stereocenters. The second-order valence-corrected chi connectivity index (χ2v) is 20.9. The van der Waals surface area contributed by atoms with Crippen molar-refractivity contribution in [1.29, 1.82) is 0 Å². The molecule has 2 heteroatoms. The van der Waals surface area contributed by atoms with Gasteiger partial charge < -0.3 is 9.80 Å². The van der Waals surface area contributed by atoms with Gasteiger partial charge >= 0.3 is 0 Å². The summed E-state index contributed by atoms with van der Waals surface area (Å²) in [6, 6.07) is 120. The molecule has 0 aliphatic carbocycles. The summed E-state index contributed by atoms with van der Waals surface area (Å²) in [6.07, 6.45) is 1.84. The smallest absolute Gasteiger partial charge is 0.0462 e. The van der Waals surface area contributed by atoms with Gasteiger partial charge in [-0.25, -0.2) is 0 Å². The maximum atomic E-state index is 2.35. The van der Waals surface area contributed by atoms with Crippen molar-refractivity contribution in [2.45, 2.75) is 24.7 Å². The van der Waals surface area contributed by atoms with Gasteiger partial charge in [-0.2, -0.15) is 0 Å². The van der Waals surface area contributed by atoms with Gasteiger partial charge in [-0.05, 0) is 175 Å². The molecule has 0 heterocycles. The molecule has 13 aromatic carbocycles. The summed E-state index contributed by atoms with van der Waals surface area (Å²) in [5.41, 5.74) is 19.4. The van der Waals surface area contributed by atoms with Crippen LogP contribution in [0.15, 0.2) is 328 Å². The van der Waals surface area contributed by atoms with Crippen LogP contribution in [0.25, 0.3) is 43.8 Å². The molecule has 2 nitrogen and oxygen atoms in total. The van der Waals surface area contributed by atoms with Crippen LogP contribution in [-0.4, -0.2) is 0 Å². The zero-order valence-corrected chi connectivity index (χ0v) is 44.6. The number of fused-ring (bicyclic) bond motifs is 3. The minimum atomic E-state index is 0.276. The molecule has 0 N–H and O–H groups in total. The first-order valence-electron chi connectivity index (χ1n) is 27.9. The van der Waals surface area contributed by atoms with E-state index in [4.69, 9.17) is 0 Å². The van der Waals surface area contributed by atoms with E-state index in [1.807, 2.05) is 0 Å². The Balaban J connectivity index is 0.727. The fraction of sp³-hybridized carbons (Fsp3) is 0.0513. The molecule has 80 heavy (non-hydrogen) atoms. The van der Waals surface area contributed by atoms with Crippen molar-refractivity contribution in [3.63, 3.8) is 0 Å². The molecule has 0 atom stereocenters. The SMILES string of the molecule is c1ccc(C(Cc2ccc(N(c3ccccc3)c3ccc(-c4ccc5c(ccc6cc(-c7ccc(N(c8ccccc8)c8ccc(CC(c9ccccc9)c9ccccc9)cc8)cc7)ccc65)c4)cc3)cc2)c2ccccc2)cc1. The van der Waals surface area contributed by atoms with E-state index in [9.17, 15) is 0 Å². The van der Waals surface area contributed by atoms with Gasteiger partial charge in [0, 0.05) is 46.0 Å². The summed E-state index contributed by atoms with van der Waals surface area (Å²) < 4.78 is 0. The Bertz CT molecular complexity index is 3760. The standard InChI is InChI=1S/C78H60N2/c1-7-19-61(20-8-1)77(62-21-9-2-10-22-62)53-57-31-43-71(44-32-57)79(69-27-15-5-16-28-69)73-47-37-59(38-48-73)65-41-51-75-67(55-65)35-36-68-56-66(42-52-76(68)75)60-39-49-74(50-40-60)80(70-29-17-6-18-30-70)72-45-33-58(34-46-72)54-78(63-23-11-3-12-24-63)64-25-13-4-14-26-64/h1-52,55-56,77-78H,53-54H2. The van der Waals surface area contributed by atoms with Gasteiger partial charge in [-0.3, -0.25) is 0 Å². The van der Waals surface area contributed by atoms with Gasteiger partial charge in [0.25, 0.3) is 0 Å². The molecule has 13 aromatic rings. The lowest BCUT2D eigenvalue weighted by molar-refractivity contribution is 0.805. The summed E-state index contributed by atoms with van der Waals surface area (Å²) in [5, 5.41) is 4.96. The number of para-hydroxylation sites is 2. The molecule has 0 aliphatic rings. The van der Waals surface area contributed by atoms with Crippen molar-refractivity contribution in [2.75, 3.05) is 9.80 Å². The van der Waals surface area contributed by atoms with Crippen LogP contribution in [0.1, 0.15) is 45.2 Å². The first-order valence-corrected chi connectivity index (χ1v) is 27.9. The molecule has 0 fully saturated rings. The van der Waals surface area contributed by atoms with E-state index < -0.39 is 0 Å². The summed E-state index contributed by atoms with van der Waals surface area (Å²) >= 11 is 0. The van der Waals surface area contributed by atoms with E-state index in [2.05, 4.69) is 337 Å². The van der Waals surface area contributed by atoms with Crippen molar-refractivity contribution in [2.24, 2.45) is 0 Å². The molecule has 0 saturated carbocycles. The Hall–Kier alpha value is -10.0. The van der Waals surface area contributed by atoms with Crippen LogP contribution in [0, 0.1) is 0 Å². The zero-order valence-electron chi connectivity index (χ0n) is 44.6. The van der Waals surface area contributed by atoms with Gasteiger partial charge in [0.2, 0.25) is 0 Å². The summed E-state index contributed by atoms with van der Waals surface area (Å²) in [7, 11) is 0. The monoisotopic (exact) mass is 1020 g/mol. The average Bonchev–Trinajstić information content (AvgIpc) is 3.57. The minimum Gasteiger partial charge on any atom is -0.311 e. The molecule has 13 rings (SSSR count). The second-order valence-electron chi connectivity index (χ2n) is 20.9. The molecule has 0 bridgehead atoms. The maximum Gasteiger partial charge on any atom is 0.0462 e. The number of hydrogen-bond acceptors (Lipinski definition) is 2. The predicted octanol–water partition coefficient (Wildman–Crippen LogP) is 21.0.